The summed E-state index contributed by atoms with van der Waals surface area (Å²) in [7, 11) is 6.97. The van der Waals surface area contributed by atoms with E-state index in [0.29, 0.717) is 17.2 Å². The minimum atomic E-state index is 0.546. The Kier molecular flexibility index (Phi) is 6.42. The lowest BCUT2D eigenvalue weighted by atomic mass is 10.0. The molecule has 1 aliphatic rings. The molecular formula is C28H29N4O3. The van der Waals surface area contributed by atoms with Crippen LogP contribution in [0.3, 0.4) is 0 Å². The number of hydrogen-bond acceptors (Lipinski definition) is 7. The summed E-state index contributed by atoms with van der Waals surface area (Å²) in [5.41, 5.74) is 6.44. The Morgan fingerprint density at radius 2 is 1.60 bits per heavy atom. The van der Waals surface area contributed by atoms with Crippen LogP contribution < -0.4 is 19.1 Å². The van der Waals surface area contributed by atoms with Gasteiger partial charge in [-0.3, -0.25) is 4.98 Å². The van der Waals surface area contributed by atoms with E-state index in [9.17, 15) is 0 Å². The fourth-order valence-electron chi connectivity index (χ4n) is 4.46. The molecule has 35 heavy (non-hydrogen) atoms. The van der Waals surface area contributed by atoms with Crippen molar-refractivity contribution in [3.63, 3.8) is 0 Å². The van der Waals surface area contributed by atoms with Gasteiger partial charge in [-0.2, -0.15) is 0 Å². The summed E-state index contributed by atoms with van der Waals surface area (Å²) in [6.45, 7) is 4.17. The number of ether oxygens (including phenoxy) is 3. The van der Waals surface area contributed by atoms with Crippen LogP contribution in [-0.2, 0) is 0 Å². The Hall–Kier alpha value is -3.84. The molecule has 179 valence electrons. The number of piperazine rings is 1. The molecule has 0 atom stereocenters. The molecule has 0 spiro atoms. The van der Waals surface area contributed by atoms with Crippen LogP contribution in [0.4, 0.5) is 5.69 Å². The van der Waals surface area contributed by atoms with Crippen molar-refractivity contribution in [1.29, 1.82) is 0 Å². The average Bonchev–Trinajstić information content (AvgIpc) is 2.92. The van der Waals surface area contributed by atoms with Gasteiger partial charge in [0.05, 0.1) is 44.3 Å². The summed E-state index contributed by atoms with van der Waals surface area (Å²) in [5.74, 6) is 1.70. The summed E-state index contributed by atoms with van der Waals surface area (Å²) in [6.07, 6.45) is 1.77. The van der Waals surface area contributed by atoms with Gasteiger partial charge in [0, 0.05) is 49.1 Å². The number of methoxy groups -OCH3 is 3. The number of nitrogens with zero attached hydrogens (tertiary/aromatic N) is 4. The SMILES string of the molecule is COc1cc(-c2cnc3cccc(-c4c[c]c(N5CCN(C)CC5)cc4)c3n2)cc(OC)c1OC. The molecule has 0 N–H and O–H groups in total. The number of hydrogen-bond donors (Lipinski definition) is 0. The Bertz CT molecular complexity index is 1310. The van der Waals surface area contributed by atoms with Crippen molar-refractivity contribution in [3.05, 3.63) is 60.8 Å². The first-order valence-corrected chi connectivity index (χ1v) is 11.6. The molecule has 1 aliphatic heterocycles. The number of aromatic nitrogens is 2. The molecule has 0 bridgehead atoms. The monoisotopic (exact) mass is 469 g/mol. The van der Waals surface area contributed by atoms with Crippen molar-refractivity contribution in [2.45, 2.75) is 0 Å². The predicted molar refractivity (Wildman–Crippen MR) is 139 cm³/mol. The molecule has 0 aliphatic carbocycles. The van der Waals surface area contributed by atoms with Crippen LogP contribution in [0.5, 0.6) is 17.2 Å². The van der Waals surface area contributed by atoms with E-state index in [1.807, 2.05) is 24.3 Å². The normalized spacial score (nSPS) is 14.2. The first-order valence-electron chi connectivity index (χ1n) is 11.6. The highest BCUT2D eigenvalue weighted by Gasteiger charge is 2.17. The highest BCUT2D eigenvalue weighted by Crippen LogP contribution is 2.41. The smallest absolute Gasteiger partial charge is 0.203 e. The number of likely N-dealkylation sites (N-methyl/N-ethyl adjacent to an activating group) is 1. The van der Waals surface area contributed by atoms with E-state index in [1.54, 1.807) is 27.5 Å². The Morgan fingerprint density at radius 3 is 2.23 bits per heavy atom. The predicted octanol–water partition coefficient (Wildman–Crippen LogP) is 4.54. The molecule has 1 fully saturated rings. The zero-order valence-corrected chi connectivity index (χ0v) is 20.5. The maximum absolute atomic E-state index is 5.52. The van der Waals surface area contributed by atoms with Gasteiger partial charge < -0.3 is 24.0 Å². The third kappa shape index (κ3) is 4.47. The van der Waals surface area contributed by atoms with Crippen LogP contribution in [0.15, 0.2) is 54.7 Å². The van der Waals surface area contributed by atoms with Gasteiger partial charge in [-0.1, -0.05) is 18.2 Å². The Morgan fingerprint density at radius 1 is 0.857 bits per heavy atom. The molecule has 1 saturated heterocycles. The highest BCUT2D eigenvalue weighted by molar-refractivity contribution is 5.92. The van der Waals surface area contributed by atoms with E-state index in [0.717, 1.165) is 65.3 Å². The number of anilines is 1. The molecule has 4 aromatic rings. The van der Waals surface area contributed by atoms with E-state index < -0.39 is 0 Å². The summed E-state index contributed by atoms with van der Waals surface area (Å²) < 4.78 is 16.5. The topological polar surface area (TPSA) is 60.0 Å². The van der Waals surface area contributed by atoms with Gasteiger partial charge >= 0.3 is 0 Å². The molecule has 7 heteroatoms. The third-order valence-corrected chi connectivity index (χ3v) is 6.48. The molecule has 3 aromatic carbocycles. The van der Waals surface area contributed by atoms with Crippen molar-refractivity contribution in [2.24, 2.45) is 0 Å². The van der Waals surface area contributed by atoms with Crippen molar-refractivity contribution in [1.82, 2.24) is 14.9 Å². The second kappa shape index (κ2) is 9.80. The van der Waals surface area contributed by atoms with Crippen LogP contribution in [0, 0.1) is 6.07 Å². The number of benzene rings is 3. The fraction of sp³-hybridized carbons (Fsp3) is 0.286. The minimum Gasteiger partial charge on any atom is -0.493 e. The molecule has 0 saturated carbocycles. The summed E-state index contributed by atoms with van der Waals surface area (Å²) in [6, 6.07) is 19.7. The minimum absolute atomic E-state index is 0.546. The lowest BCUT2D eigenvalue weighted by molar-refractivity contribution is 0.313. The Labute approximate surface area is 205 Å². The molecule has 1 radical (unpaired) electrons. The van der Waals surface area contributed by atoms with E-state index in [4.69, 9.17) is 24.2 Å². The Balaban J connectivity index is 1.53. The number of fused-ring (bicyclic) bond motifs is 1. The molecule has 7 nitrogen and oxygen atoms in total. The number of para-hydroxylation sites is 1. The van der Waals surface area contributed by atoms with Crippen LogP contribution >= 0.6 is 0 Å². The lowest BCUT2D eigenvalue weighted by Crippen LogP contribution is -2.44. The van der Waals surface area contributed by atoms with Gasteiger partial charge in [0.25, 0.3) is 0 Å². The van der Waals surface area contributed by atoms with Gasteiger partial charge in [-0.05, 0) is 42.9 Å². The molecular weight excluding hydrogens is 440 g/mol. The quantitative estimate of drug-likeness (QED) is 0.411. The molecule has 0 amide bonds. The number of rotatable bonds is 6. The third-order valence-electron chi connectivity index (χ3n) is 6.48. The first kappa shape index (κ1) is 22.9. The summed E-state index contributed by atoms with van der Waals surface area (Å²) in [5, 5.41) is 0. The van der Waals surface area contributed by atoms with E-state index >= 15 is 0 Å². The van der Waals surface area contributed by atoms with Gasteiger partial charge in [0.2, 0.25) is 5.75 Å². The van der Waals surface area contributed by atoms with Gasteiger partial charge in [0.15, 0.2) is 11.5 Å². The largest absolute Gasteiger partial charge is 0.493 e. The first-order chi connectivity index (χ1) is 17.1. The maximum Gasteiger partial charge on any atom is 0.203 e. The van der Waals surface area contributed by atoms with Crippen molar-refractivity contribution >= 4 is 16.7 Å². The van der Waals surface area contributed by atoms with Crippen molar-refractivity contribution < 1.29 is 14.2 Å². The molecule has 5 rings (SSSR count). The van der Waals surface area contributed by atoms with E-state index in [1.165, 1.54) is 0 Å². The lowest BCUT2D eigenvalue weighted by Gasteiger charge is -2.33. The van der Waals surface area contributed by atoms with Gasteiger partial charge in [-0.25, -0.2) is 4.98 Å². The van der Waals surface area contributed by atoms with Crippen LogP contribution in [-0.4, -0.2) is 69.4 Å². The zero-order valence-electron chi connectivity index (χ0n) is 20.5. The molecule has 0 unspecified atom stereocenters. The van der Waals surface area contributed by atoms with Crippen molar-refractivity contribution in [3.8, 4) is 39.6 Å². The molecule has 1 aromatic heterocycles. The maximum atomic E-state index is 5.52. The summed E-state index contributed by atoms with van der Waals surface area (Å²) in [4.78, 5) is 14.4. The standard InChI is InChI=1S/C28H29N4O3/c1-31-12-14-32(15-13-31)21-10-8-19(9-11-21)22-6-5-7-23-27(22)30-24(18-29-23)20-16-25(33-2)28(35-4)26(17-20)34-3/h5-10,16-18H,12-15H2,1-4H3. The highest BCUT2D eigenvalue weighted by atomic mass is 16.5. The second-order valence-corrected chi connectivity index (χ2v) is 8.60. The van der Waals surface area contributed by atoms with Crippen LogP contribution in [0.2, 0.25) is 0 Å². The van der Waals surface area contributed by atoms with E-state index in [2.05, 4.69) is 47.2 Å². The summed E-state index contributed by atoms with van der Waals surface area (Å²) >= 11 is 0. The van der Waals surface area contributed by atoms with Gasteiger partial charge in [0.1, 0.15) is 0 Å². The second-order valence-electron chi connectivity index (χ2n) is 8.60. The van der Waals surface area contributed by atoms with Crippen molar-refractivity contribution in [2.75, 3.05) is 59.5 Å². The van der Waals surface area contributed by atoms with Crippen LogP contribution in [0.1, 0.15) is 0 Å². The van der Waals surface area contributed by atoms with E-state index in [-0.39, 0.29) is 0 Å². The average molecular weight is 470 g/mol. The molecule has 2 heterocycles. The van der Waals surface area contributed by atoms with Crippen LogP contribution in [0.25, 0.3) is 33.4 Å². The zero-order chi connectivity index (χ0) is 24.4. The fourth-order valence-corrected chi connectivity index (χ4v) is 4.46. The van der Waals surface area contributed by atoms with Gasteiger partial charge in [-0.15, -0.1) is 0 Å².